The summed E-state index contributed by atoms with van der Waals surface area (Å²) in [5, 5.41) is 7.82. The fourth-order valence-corrected chi connectivity index (χ4v) is 5.64. The van der Waals surface area contributed by atoms with Gasteiger partial charge in [0.15, 0.2) is 5.25 Å². The van der Waals surface area contributed by atoms with Crippen LogP contribution in [0.3, 0.4) is 0 Å². The average molecular weight is 697 g/mol. The Kier molecular flexibility index (Phi) is 14.9. The van der Waals surface area contributed by atoms with Crippen LogP contribution >= 0.6 is 0 Å². The highest BCUT2D eigenvalue weighted by Gasteiger charge is 2.40. The molecule has 0 saturated carbocycles. The number of benzene rings is 1. The molecule has 0 radical (unpaired) electrons. The van der Waals surface area contributed by atoms with Crippen LogP contribution in [0.5, 0.6) is 0 Å². The zero-order valence-corrected chi connectivity index (χ0v) is 28.1. The summed E-state index contributed by atoms with van der Waals surface area (Å²) in [6.45, 7) is 5.80. The number of rotatable bonds is 18. The highest BCUT2D eigenvalue weighted by atomic mass is 32.2. The molecule has 7 amide bonds. The maximum Gasteiger partial charge on any atom is 0.312 e. The zero-order valence-electron chi connectivity index (χ0n) is 27.3. The molecule has 4 atom stereocenters. The third kappa shape index (κ3) is 12.2. The molecule has 0 spiro atoms. The number of nitrogens with two attached hydrogens (primary N) is 1. The molecule has 0 bridgehead atoms. The van der Waals surface area contributed by atoms with E-state index in [9.17, 15) is 46.5 Å². The van der Waals surface area contributed by atoms with Gasteiger partial charge in [0.2, 0.25) is 29.5 Å². The predicted molar refractivity (Wildman–Crippen MR) is 171 cm³/mol. The summed E-state index contributed by atoms with van der Waals surface area (Å²) in [5.41, 5.74) is 6.11. The van der Waals surface area contributed by atoms with Gasteiger partial charge in [0.05, 0.1) is 0 Å². The van der Waals surface area contributed by atoms with Gasteiger partial charge < -0.3 is 31.7 Å². The number of nitrogens with zero attached hydrogens (tertiary/aromatic N) is 1. The van der Waals surface area contributed by atoms with E-state index in [0.29, 0.717) is 17.7 Å². The molecule has 1 aliphatic rings. The molecule has 1 fully saturated rings. The van der Waals surface area contributed by atoms with Crippen LogP contribution in [0.4, 0.5) is 10.5 Å². The van der Waals surface area contributed by atoms with Gasteiger partial charge in [-0.25, -0.2) is 4.79 Å². The number of esters is 1. The molecule has 1 heterocycles. The van der Waals surface area contributed by atoms with Crippen LogP contribution in [0.2, 0.25) is 0 Å². The number of likely N-dealkylation sites (tertiary alicyclic amines) is 1. The van der Waals surface area contributed by atoms with Crippen LogP contribution in [-0.2, 0) is 50.2 Å². The van der Waals surface area contributed by atoms with Crippen molar-refractivity contribution in [3.63, 3.8) is 0 Å². The average Bonchev–Trinajstić information content (AvgIpc) is 3.27. The van der Waals surface area contributed by atoms with Crippen molar-refractivity contribution in [3.05, 3.63) is 29.8 Å². The molecular formula is C30H44N6O11S. The van der Waals surface area contributed by atoms with Crippen LogP contribution in [-0.4, -0.2) is 89.8 Å². The fraction of sp³-hybridized carbons (Fsp3) is 0.567. The first kappa shape index (κ1) is 39.6. The standard InChI is InChI=1S/C30H44N6O11S/c1-5-20-15-24(38)36(29(20)42)14-12-23(48(44,45)46)27(40)35-25(17(2)3)28(41)34-22(7-6-13-32-30(31)43)26(39)33-21-10-8-19(9-11-21)16-47-18(4)37/h8-11,17,20,22-23,25H,5-7,12-16H2,1-4H3,(H,33,39)(H,34,41)(H,35,40)(H3,31,32,43)(H,44,45,46)/t20?,22-,23-,25-/m0/s1. The van der Waals surface area contributed by atoms with Crippen molar-refractivity contribution in [2.45, 2.75) is 83.7 Å². The maximum absolute atomic E-state index is 13.4. The summed E-state index contributed by atoms with van der Waals surface area (Å²) >= 11 is 0. The van der Waals surface area contributed by atoms with Gasteiger partial charge in [0.25, 0.3) is 10.1 Å². The van der Waals surface area contributed by atoms with Crippen molar-refractivity contribution in [1.29, 1.82) is 0 Å². The second kappa shape index (κ2) is 18.1. The Bertz CT molecular complexity index is 1470. The molecule has 1 aliphatic heterocycles. The van der Waals surface area contributed by atoms with E-state index in [1.807, 2.05) is 0 Å². The molecule has 266 valence electrons. The van der Waals surface area contributed by atoms with Crippen LogP contribution < -0.4 is 27.0 Å². The molecule has 2 rings (SSSR count). The molecule has 1 unspecified atom stereocenters. The highest BCUT2D eigenvalue weighted by Crippen LogP contribution is 2.23. The number of anilines is 1. The summed E-state index contributed by atoms with van der Waals surface area (Å²) in [6.07, 6.45) is -0.0194. The highest BCUT2D eigenvalue weighted by molar-refractivity contribution is 7.87. The SMILES string of the molecule is CCC1CC(=O)N(CC[C@@H](C(=O)N[C@H](C(=O)N[C@@H](CCCNC(N)=O)C(=O)Nc2ccc(COC(C)=O)cc2)C(C)C)S(=O)(=O)O)C1=O. The van der Waals surface area contributed by atoms with Gasteiger partial charge in [-0.1, -0.05) is 32.9 Å². The topological polar surface area (TPSA) is 260 Å². The number of imide groups is 1. The van der Waals surface area contributed by atoms with E-state index in [4.69, 9.17) is 10.5 Å². The Balaban J connectivity index is 2.18. The second-order valence-electron chi connectivity index (χ2n) is 11.7. The summed E-state index contributed by atoms with van der Waals surface area (Å²) in [7, 11) is -5.04. The van der Waals surface area contributed by atoms with Gasteiger partial charge in [0.1, 0.15) is 18.7 Å². The molecule has 48 heavy (non-hydrogen) atoms. The van der Waals surface area contributed by atoms with Crippen LogP contribution in [0, 0.1) is 11.8 Å². The lowest BCUT2D eigenvalue weighted by molar-refractivity contribution is -0.142. The second-order valence-corrected chi connectivity index (χ2v) is 13.3. The molecular weight excluding hydrogens is 652 g/mol. The summed E-state index contributed by atoms with van der Waals surface area (Å²) < 4.78 is 39.2. The van der Waals surface area contributed by atoms with E-state index >= 15 is 0 Å². The summed E-state index contributed by atoms with van der Waals surface area (Å²) in [5.74, 6) is -5.38. The van der Waals surface area contributed by atoms with Gasteiger partial charge in [-0.15, -0.1) is 0 Å². The lowest BCUT2D eigenvalue weighted by Gasteiger charge is -2.27. The number of urea groups is 1. The molecule has 18 heteroatoms. The number of carbonyl (C=O) groups is 7. The maximum atomic E-state index is 13.4. The van der Waals surface area contributed by atoms with Gasteiger partial charge in [-0.05, 0) is 49.3 Å². The lowest BCUT2D eigenvalue weighted by atomic mass is 10.0. The van der Waals surface area contributed by atoms with Crippen molar-refractivity contribution >= 4 is 57.3 Å². The Morgan fingerprint density at radius 3 is 2.19 bits per heavy atom. The monoisotopic (exact) mass is 696 g/mol. The van der Waals surface area contributed by atoms with Crippen LogP contribution in [0.15, 0.2) is 24.3 Å². The molecule has 7 N–H and O–H groups in total. The molecule has 1 saturated heterocycles. The predicted octanol–water partition coefficient (Wildman–Crippen LogP) is 0.194. The number of ether oxygens (including phenoxy) is 1. The quantitative estimate of drug-likeness (QED) is 0.0522. The number of nitrogens with one attached hydrogen (secondary N) is 4. The fourth-order valence-electron chi connectivity index (χ4n) is 4.89. The Hall–Kier alpha value is -4.58. The van der Waals surface area contributed by atoms with E-state index in [0.717, 1.165) is 4.90 Å². The molecule has 1 aromatic rings. The van der Waals surface area contributed by atoms with E-state index in [-0.39, 0.29) is 32.4 Å². The van der Waals surface area contributed by atoms with Crippen LogP contribution in [0.1, 0.15) is 65.4 Å². The lowest BCUT2D eigenvalue weighted by Crippen LogP contribution is -2.56. The number of hydrogen-bond donors (Lipinski definition) is 6. The van der Waals surface area contributed by atoms with Gasteiger partial charge in [-0.3, -0.25) is 38.2 Å². The third-order valence-corrected chi connectivity index (χ3v) is 8.78. The van der Waals surface area contributed by atoms with Gasteiger partial charge in [0, 0.05) is 38.0 Å². The van der Waals surface area contributed by atoms with E-state index in [1.54, 1.807) is 45.0 Å². The normalized spacial score (nSPS) is 16.5. The minimum absolute atomic E-state index is 0.0193. The zero-order chi connectivity index (χ0) is 36.2. The first-order chi connectivity index (χ1) is 22.4. The van der Waals surface area contributed by atoms with E-state index < -0.39 is 93.8 Å². The number of amides is 7. The summed E-state index contributed by atoms with van der Waals surface area (Å²) in [6, 6.07) is 3.01. The Labute approximate surface area is 278 Å². The number of hydrogen-bond acceptors (Lipinski definition) is 10. The van der Waals surface area contributed by atoms with E-state index in [1.165, 1.54) is 6.92 Å². The van der Waals surface area contributed by atoms with Crippen molar-refractivity contribution in [2.24, 2.45) is 17.6 Å². The van der Waals surface area contributed by atoms with Crippen molar-refractivity contribution in [1.82, 2.24) is 20.9 Å². The number of primary amides is 1. The van der Waals surface area contributed by atoms with Crippen molar-refractivity contribution in [3.8, 4) is 0 Å². The molecule has 1 aromatic carbocycles. The van der Waals surface area contributed by atoms with Gasteiger partial charge in [-0.2, -0.15) is 8.42 Å². The Morgan fingerprint density at radius 1 is 1.02 bits per heavy atom. The molecule has 0 aliphatic carbocycles. The van der Waals surface area contributed by atoms with Gasteiger partial charge >= 0.3 is 12.0 Å². The largest absolute Gasteiger partial charge is 0.461 e. The molecule has 0 aromatic heterocycles. The van der Waals surface area contributed by atoms with E-state index in [2.05, 4.69) is 21.3 Å². The van der Waals surface area contributed by atoms with Crippen molar-refractivity contribution < 1.29 is 51.3 Å². The minimum atomic E-state index is -5.04. The smallest absolute Gasteiger partial charge is 0.312 e. The molecule has 17 nitrogen and oxygen atoms in total. The third-order valence-electron chi connectivity index (χ3n) is 7.61. The Morgan fingerprint density at radius 2 is 1.67 bits per heavy atom. The number of carbonyl (C=O) groups excluding carboxylic acids is 7. The minimum Gasteiger partial charge on any atom is -0.461 e. The first-order valence-corrected chi connectivity index (χ1v) is 16.9. The van der Waals surface area contributed by atoms with Crippen molar-refractivity contribution in [2.75, 3.05) is 18.4 Å². The van der Waals surface area contributed by atoms with Crippen LogP contribution in [0.25, 0.3) is 0 Å². The summed E-state index contributed by atoms with van der Waals surface area (Å²) in [4.78, 5) is 87.6. The first-order valence-electron chi connectivity index (χ1n) is 15.4.